The monoisotopic (exact) mass is 224 g/mol. The molecule has 2 aliphatic carbocycles. The average Bonchev–Trinajstić information content (AvgIpc) is 2.85. The zero-order chi connectivity index (χ0) is 11.4. The summed E-state index contributed by atoms with van der Waals surface area (Å²) in [5.74, 6) is 1.92. The second kappa shape index (κ2) is 6.02. The van der Waals surface area contributed by atoms with Gasteiger partial charge in [-0.15, -0.1) is 0 Å². The van der Waals surface area contributed by atoms with Gasteiger partial charge in [0.2, 0.25) is 0 Å². The van der Waals surface area contributed by atoms with Gasteiger partial charge in [0, 0.05) is 12.1 Å². The predicted molar refractivity (Wildman–Crippen MR) is 69.6 cm³/mol. The maximum Gasteiger partial charge on any atom is 0.0121 e. The third kappa shape index (κ3) is 2.78. The van der Waals surface area contributed by atoms with Crippen molar-refractivity contribution in [1.82, 2.24) is 10.6 Å². The van der Waals surface area contributed by atoms with Crippen LogP contribution in [0.2, 0.25) is 0 Å². The molecule has 0 saturated heterocycles. The van der Waals surface area contributed by atoms with Crippen LogP contribution < -0.4 is 10.6 Å². The summed E-state index contributed by atoms with van der Waals surface area (Å²) in [5.41, 5.74) is 0. The summed E-state index contributed by atoms with van der Waals surface area (Å²) >= 11 is 0. The molecule has 2 aliphatic rings. The Hall–Kier alpha value is -0.0800. The standard InChI is InChI=1S/C14H28N2/c1-15-13-9-7-12(8-10-13)14(16-2)11-5-3-4-6-11/h11-16H,3-10H2,1-2H3. The molecule has 2 N–H and O–H groups in total. The topological polar surface area (TPSA) is 24.1 Å². The average molecular weight is 224 g/mol. The van der Waals surface area contributed by atoms with Crippen LogP contribution in [0.25, 0.3) is 0 Å². The lowest BCUT2D eigenvalue weighted by Crippen LogP contribution is -2.43. The Morgan fingerprint density at radius 3 is 1.88 bits per heavy atom. The van der Waals surface area contributed by atoms with E-state index in [4.69, 9.17) is 0 Å². The fraction of sp³-hybridized carbons (Fsp3) is 1.00. The number of hydrogen-bond donors (Lipinski definition) is 2. The minimum atomic E-state index is 0.789. The van der Waals surface area contributed by atoms with Crippen molar-refractivity contribution in [3.63, 3.8) is 0 Å². The third-order valence-corrected chi connectivity index (χ3v) is 4.93. The van der Waals surface area contributed by atoms with Gasteiger partial charge in [0.25, 0.3) is 0 Å². The van der Waals surface area contributed by atoms with Crippen LogP contribution in [0, 0.1) is 11.8 Å². The molecular formula is C14H28N2. The first-order chi connectivity index (χ1) is 7.85. The van der Waals surface area contributed by atoms with Crippen LogP contribution >= 0.6 is 0 Å². The highest BCUT2D eigenvalue weighted by atomic mass is 14.9. The summed E-state index contributed by atoms with van der Waals surface area (Å²) in [5, 5.41) is 7.06. The number of nitrogens with one attached hydrogen (secondary N) is 2. The van der Waals surface area contributed by atoms with Gasteiger partial charge in [-0.2, -0.15) is 0 Å². The molecule has 0 aromatic heterocycles. The van der Waals surface area contributed by atoms with Gasteiger partial charge in [-0.25, -0.2) is 0 Å². The molecule has 0 aromatic carbocycles. The molecule has 0 radical (unpaired) electrons. The molecule has 16 heavy (non-hydrogen) atoms. The van der Waals surface area contributed by atoms with E-state index in [1.54, 1.807) is 0 Å². The van der Waals surface area contributed by atoms with Crippen LogP contribution in [-0.2, 0) is 0 Å². The summed E-state index contributed by atoms with van der Waals surface area (Å²) in [4.78, 5) is 0. The minimum absolute atomic E-state index is 0.789. The summed E-state index contributed by atoms with van der Waals surface area (Å²) in [6.45, 7) is 0. The first-order valence-electron chi connectivity index (χ1n) is 7.19. The Kier molecular flexibility index (Phi) is 4.66. The van der Waals surface area contributed by atoms with E-state index >= 15 is 0 Å². The van der Waals surface area contributed by atoms with Crippen molar-refractivity contribution >= 4 is 0 Å². The van der Waals surface area contributed by atoms with Gasteiger partial charge in [-0.05, 0) is 64.5 Å². The predicted octanol–water partition coefficient (Wildman–Crippen LogP) is 2.54. The molecule has 0 spiro atoms. The molecule has 0 aliphatic heterocycles. The Bertz CT molecular complexity index is 191. The summed E-state index contributed by atoms with van der Waals surface area (Å²) in [7, 11) is 4.28. The number of rotatable bonds is 4. The lowest BCUT2D eigenvalue weighted by molar-refractivity contribution is 0.198. The van der Waals surface area contributed by atoms with Gasteiger partial charge in [0.05, 0.1) is 0 Å². The maximum absolute atomic E-state index is 3.63. The molecule has 2 nitrogen and oxygen atoms in total. The van der Waals surface area contributed by atoms with Crippen LogP contribution in [0.15, 0.2) is 0 Å². The minimum Gasteiger partial charge on any atom is -0.317 e. The van der Waals surface area contributed by atoms with E-state index in [-0.39, 0.29) is 0 Å². The zero-order valence-electron chi connectivity index (χ0n) is 11.0. The van der Waals surface area contributed by atoms with Crippen molar-refractivity contribution in [2.75, 3.05) is 14.1 Å². The van der Waals surface area contributed by atoms with Gasteiger partial charge < -0.3 is 10.6 Å². The third-order valence-electron chi connectivity index (χ3n) is 4.93. The van der Waals surface area contributed by atoms with Crippen molar-refractivity contribution in [2.45, 2.75) is 63.5 Å². The van der Waals surface area contributed by atoms with Crippen molar-refractivity contribution in [1.29, 1.82) is 0 Å². The van der Waals surface area contributed by atoms with Gasteiger partial charge in [0.1, 0.15) is 0 Å². The SMILES string of the molecule is CNC1CCC(C(NC)C2CCCC2)CC1. The van der Waals surface area contributed by atoms with Crippen molar-refractivity contribution in [2.24, 2.45) is 11.8 Å². The van der Waals surface area contributed by atoms with E-state index in [1.807, 2.05) is 0 Å². The van der Waals surface area contributed by atoms with E-state index in [1.165, 1.54) is 51.4 Å². The van der Waals surface area contributed by atoms with Crippen LogP contribution in [0.4, 0.5) is 0 Å². The van der Waals surface area contributed by atoms with Gasteiger partial charge in [-0.1, -0.05) is 12.8 Å². The first kappa shape index (κ1) is 12.4. The van der Waals surface area contributed by atoms with Gasteiger partial charge in [0.15, 0.2) is 0 Å². The van der Waals surface area contributed by atoms with Crippen molar-refractivity contribution in [3.8, 4) is 0 Å². The summed E-state index contributed by atoms with van der Waals surface area (Å²) in [6.07, 6.45) is 11.5. The number of hydrogen-bond acceptors (Lipinski definition) is 2. The highest BCUT2D eigenvalue weighted by Crippen LogP contribution is 2.36. The zero-order valence-corrected chi connectivity index (χ0v) is 11.0. The molecule has 2 saturated carbocycles. The fourth-order valence-electron chi connectivity index (χ4n) is 3.94. The Morgan fingerprint density at radius 2 is 1.38 bits per heavy atom. The van der Waals surface area contributed by atoms with Crippen molar-refractivity contribution < 1.29 is 0 Å². The van der Waals surface area contributed by atoms with Crippen LogP contribution in [0.5, 0.6) is 0 Å². The maximum atomic E-state index is 3.63. The lowest BCUT2D eigenvalue weighted by Gasteiger charge is -2.36. The highest BCUT2D eigenvalue weighted by molar-refractivity contribution is 4.88. The van der Waals surface area contributed by atoms with E-state index < -0.39 is 0 Å². The Morgan fingerprint density at radius 1 is 0.812 bits per heavy atom. The molecule has 2 heteroatoms. The highest BCUT2D eigenvalue weighted by Gasteiger charge is 2.32. The second-order valence-corrected chi connectivity index (χ2v) is 5.76. The van der Waals surface area contributed by atoms with E-state index in [2.05, 4.69) is 24.7 Å². The summed E-state index contributed by atoms with van der Waals surface area (Å²) < 4.78 is 0. The lowest BCUT2D eigenvalue weighted by atomic mass is 9.76. The van der Waals surface area contributed by atoms with E-state index in [0.717, 1.165) is 23.9 Å². The second-order valence-electron chi connectivity index (χ2n) is 5.76. The molecule has 2 rings (SSSR count). The summed E-state index contributed by atoms with van der Waals surface area (Å²) in [6, 6.07) is 1.60. The van der Waals surface area contributed by atoms with Gasteiger partial charge in [-0.3, -0.25) is 0 Å². The van der Waals surface area contributed by atoms with Crippen molar-refractivity contribution in [3.05, 3.63) is 0 Å². The normalized spacial score (nSPS) is 34.1. The fourth-order valence-corrected chi connectivity index (χ4v) is 3.94. The molecule has 2 fully saturated rings. The quantitative estimate of drug-likeness (QED) is 0.767. The molecule has 1 atom stereocenters. The van der Waals surface area contributed by atoms with E-state index in [9.17, 15) is 0 Å². The van der Waals surface area contributed by atoms with Crippen LogP contribution in [-0.4, -0.2) is 26.2 Å². The molecule has 1 unspecified atom stereocenters. The molecular weight excluding hydrogens is 196 g/mol. The molecule has 94 valence electrons. The Labute approximate surface area is 101 Å². The molecule has 0 heterocycles. The Balaban J connectivity index is 1.85. The van der Waals surface area contributed by atoms with Crippen LogP contribution in [0.1, 0.15) is 51.4 Å². The molecule has 0 aromatic rings. The molecule has 0 bridgehead atoms. The smallest absolute Gasteiger partial charge is 0.0121 e. The largest absolute Gasteiger partial charge is 0.317 e. The molecule has 0 amide bonds. The van der Waals surface area contributed by atoms with Crippen LogP contribution in [0.3, 0.4) is 0 Å². The van der Waals surface area contributed by atoms with E-state index in [0.29, 0.717) is 0 Å². The first-order valence-corrected chi connectivity index (χ1v) is 7.19. The van der Waals surface area contributed by atoms with Gasteiger partial charge >= 0.3 is 0 Å².